The zero-order chi connectivity index (χ0) is 7.56. The molecule has 2 nitrogen and oxygen atoms in total. The Morgan fingerprint density at radius 1 is 1.50 bits per heavy atom. The van der Waals surface area contributed by atoms with Crippen molar-refractivity contribution in [3.8, 4) is 0 Å². The largest absolute Gasteiger partial charge is 0.206 e. The van der Waals surface area contributed by atoms with Crippen LogP contribution in [0.3, 0.4) is 0 Å². The van der Waals surface area contributed by atoms with Crippen LogP contribution in [0.4, 0.5) is 10.1 Å². The van der Waals surface area contributed by atoms with Crippen LogP contribution < -0.4 is 0 Å². The maximum atomic E-state index is 12.6. The van der Waals surface area contributed by atoms with E-state index in [1.807, 2.05) is 0 Å². The number of nitrogens with zero attached hydrogens (tertiary/aromatic N) is 1. The second kappa shape index (κ2) is 3.05. The van der Waals surface area contributed by atoms with Crippen LogP contribution in [0.1, 0.15) is 0 Å². The summed E-state index contributed by atoms with van der Waals surface area (Å²) in [7, 11) is 0. The lowest BCUT2D eigenvalue weighted by atomic mass is 10.3. The fraction of sp³-hybridized carbons (Fsp3) is 0. The summed E-state index contributed by atoms with van der Waals surface area (Å²) < 4.78 is 12.8. The van der Waals surface area contributed by atoms with Crippen molar-refractivity contribution in [1.82, 2.24) is 0 Å². The van der Waals surface area contributed by atoms with Gasteiger partial charge in [0.1, 0.15) is 11.5 Å². The van der Waals surface area contributed by atoms with Gasteiger partial charge in [-0.25, -0.2) is 4.39 Å². The first-order valence-corrected chi connectivity index (χ1v) is 3.61. The highest BCUT2D eigenvalue weighted by atomic mass is 127. The molecule has 1 aromatic rings. The summed E-state index contributed by atoms with van der Waals surface area (Å²) in [6, 6.07) is 4.21. The van der Waals surface area contributed by atoms with Crippen LogP contribution in [0.25, 0.3) is 0 Å². The lowest BCUT2D eigenvalue weighted by Gasteiger charge is -1.93. The molecule has 0 radical (unpaired) electrons. The SMILES string of the molecule is O=Nc1cccc(F)c1I. The van der Waals surface area contributed by atoms with Crippen molar-refractivity contribution >= 4 is 28.3 Å². The van der Waals surface area contributed by atoms with Crippen LogP contribution in [0, 0.1) is 14.3 Å². The Hall–Kier alpha value is -0.520. The molecule has 0 aromatic heterocycles. The van der Waals surface area contributed by atoms with Gasteiger partial charge in [0, 0.05) is 0 Å². The van der Waals surface area contributed by atoms with Crippen molar-refractivity contribution in [2.24, 2.45) is 5.18 Å². The van der Waals surface area contributed by atoms with Crippen molar-refractivity contribution in [3.63, 3.8) is 0 Å². The maximum Gasteiger partial charge on any atom is 0.138 e. The van der Waals surface area contributed by atoms with Gasteiger partial charge in [-0.15, -0.1) is 4.91 Å². The van der Waals surface area contributed by atoms with Crippen LogP contribution in [0.15, 0.2) is 23.4 Å². The molecule has 0 heterocycles. The molecule has 0 spiro atoms. The highest BCUT2D eigenvalue weighted by Crippen LogP contribution is 2.22. The van der Waals surface area contributed by atoms with Gasteiger partial charge in [0.2, 0.25) is 0 Å². The third-order valence-corrected chi connectivity index (χ3v) is 2.10. The lowest BCUT2D eigenvalue weighted by molar-refractivity contribution is 0.621. The van der Waals surface area contributed by atoms with E-state index in [1.165, 1.54) is 18.2 Å². The maximum absolute atomic E-state index is 12.6. The minimum atomic E-state index is -0.405. The first-order chi connectivity index (χ1) is 4.75. The Morgan fingerprint density at radius 3 is 2.70 bits per heavy atom. The monoisotopic (exact) mass is 251 g/mol. The van der Waals surface area contributed by atoms with Crippen molar-refractivity contribution in [2.45, 2.75) is 0 Å². The summed E-state index contributed by atoms with van der Waals surface area (Å²) >= 11 is 1.74. The van der Waals surface area contributed by atoms with Gasteiger partial charge < -0.3 is 0 Å². The average Bonchev–Trinajstić information content (AvgIpc) is 1.95. The number of nitroso groups, excluding NO2 is 1. The molecule has 0 bridgehead atoms. The summed E-state index contributed by atoms with van der Waals surface area (Å²) in [5.74, 6) is -0.405. The molecule has 0 aliphatic carbocycles. The summed E-state index contributed by atoms with van der Waals surface area (Å²) in [6.07, 6.45) is 0. The van der Waals surface area contributed by atoms with Gasteiger partial charge in [-0.3, -0.25) is 0 Å². The second-order valence-electron chi connectivity index (χ2n) is 1.66. The Morgan fingerprint density at radius 2 is 2.20 bits per heavy atom. The number of hydrogen-bond acceptors (Lipinski definition) is 2. The molecule has 1 rings (SSSR count). The predicted molar refractivity (Wildman–Crippen MR) is 44.6 cm³/mol. The van der Waals surface area contributed by atoms with Gasteiger partial charge in [0.15, 0.2) is 0 Å². The zero-order valence-electron chi connectivity index (χ0n) is 4.84. The molecule has 0 fully saturated rings. The van der Waals surface area contributed by atoms with Gasteiger partial charge in [0.05, 0.1) is 3.57 Å². The van der Waals surface area contributed by atoms with E-state index in [4.69, 9.17) is 0 Å². The number of halogens is 2. The second-order valence-corrected chi connectivity index (χ2v) is 2.74. The third-order valence-electron chi connectivity index (χ3n) is 1.03. The molecule has 0 atom stereocenters. The van der Waals surface area contributed by atoms with E-state index < -0.39 is 5.82 Å². The third kappa shape index (κ3) is 1.31. The Labute approximate surface area is 70.6 Å². The highest BCUT2D eigenvalue weighted by molar-refractivity contribution is 14.1. The summed E-state index contributed by atoms with van der Waals surface area (Å²) in [5, 5.41) is 2.63. The first kappa shape index (κ1) is 7.59. The van der Waals surface area contributed by atoms with Gasteiger partial charge in [-0.05, 0) is 39.9 Å². The minimum absolute atomic E-state index is 0.153. The van der Waals surface area contributed by atoms with E-state index in [-0.39, 0.29) is 9.26 Å². The van der Waals surface area contributed by atoms with Crippen LogP contribution in [0.2, 0.25) is 0 Å². The van der Waals surface area contributed by atoms with Gasteiger partial charge in [0.25, 0.3) is 0 Å². The average molecular weight is 251 g/mol. The number of rotatable bonds is 1. The molecular formula is C6H3FINO. The minimum Gasteiger partial charge on any atom is -0.206 e. The van der Waals surface area contributed by atoms with Crippen molar-refractivity contribution in [3.05, 3.63) is 32.5 Å². The van der Waals surface area contributed by atoms with Crippen LogP contribution in [-0.4, -0.2) is 0 Å². The molecule has 0 aliphatic rings. The number of benzene rings is 1. The fourth-order valence-electron chi connectivity index (χ4n) is 0.563. The van der Waals surface area contributed by atoms with E-state index in [0.717, 1.165) is 0 Å². The van der Waals surface area contributed by atoms with E-state index in [0.29, 0.717) is 0 Å². The first-order valence-electron chi connectivity index (χ1n) is 2.53. The molecule has 0 saturated heterocycles. The molecule has 0 unspecified atom stereocenters. The van der Waals surface area contributed by atoms with Crippen molar-refractivity contribution in [2.75, 3.05) is 0 Å². The van der Waals surface area contributed by atoms with E-state index in [2.05, 4.69) is 5.18 Å². The Bertz CT molecular complexity index is 264. The molecule has 4 heteroatoms. The fourth-order valence-corrected chi connectivity index (χ4v) is 1.02. The van der Waals surface area contributed by atoms with Gasteiger partial charge in [-0.1, -0.05) is 6.07 Å². The van der Waals surface area contributed by atoms with E-state index >= 15 is 0 Å². The van der Waals surface area contributed by atoms with Crippen LogP contribution >= 0.6 is 22.6 Å². The van der Waals surface area contributed by atoms with Crippen molar-refractivity contribution < 1.29 is 4.39 Å². The zero-order valence-corrected chi connectivity index (χ0v) is 7.00. The Kier molecular flexibility index (Phi) is 2.31. The smallest absolute Gasteiger partial charge is 0.138 e. The molecule has 0 saturated carbocycles. The van der Waals surface area contributed by atoms with Crippen LogP contribution in [0.5, 0.6) is 0 Å². The Balaban J connectivity index is 3.27. The van der Waals surface area contributed by atoms with Crippen LogP contribution in [-0.2, 0) is 0 Å². The summed E-state index contributed by atoms with van der Waals surface area (Å²) in [4.78, 5) is 9.96. The quantitative estimate of drug-likeness (QED) is 0.557. The molecule has 0 aliphatic heterocycles. The number of hydrogen-bond donors (Lipinski definition) is 0. The molecule has 0 N–H and O–H groups in total. The topological polar surface area (TPSA) is 29.4 Å². The van der Waals surface area contributed by atoms with E-state index in [9.17, 15) is 9.30 Å². The van der Waals surface area contributed by atoms with Crippen molar-refractivity contribution in [1.29, 1.82) is 0 Å². The normalized spacial score (nSPS) is 9.40. The molecule has 0 amide bonds. The standard InChI is InChI=1S/C6H3FINO/c7-4-2-1-3-5(9-10)6(4)8/h1-3H. The molecular weight excluding hydrogens is 248 g/mol. The van der Waals surface area contributed by atoms with Gasteiger partial charge in [-0.2, -0.15) is 0 Å². The van der Waals surface area contributed by atoms with E-state index in [1.54, 1.807) is 22.6 Å². The van der Waals surface area contributed by atoms with Gasteiger partial charge >= 0.3 is 0 Å². The summed E-state index contributed by atoms with van der Waals surface area (Å²) in [6.45, 7) is 0. The highest BCUT2D eigenvalue weighted by Gasteiger charge is 2.03. The lowest BCUT2D eigenvalue weighted by Crippen LogP contribution is -1.79. The molecule has 10 heavy (non-hydrogen) atoms. The summed E-state index contributed by atoms with van der Waals surface area (Å²) in [5.41, 5.74) is 0.153. The predicted octanol–water partition coefficient (Wildman–Crippen LogP) is 2.83. The molecule has 1 aromatic carbocycles. The molecule has 52 valence electrons.